The molecule has 21 heavy (non-hydrogen) atoms. The van der Waals surface area contributed by atoms with E-state index in [1.54, 1.807) is 11.8 Å². The number of hydrogen-bond acceptors (Lipinski definition) is 6. The van der Waals surface area contributed by atoms with Crippen molar-refractivity contribution in [1.29, 1.82) is 0 Å². The van der Waals surface area contributed by atoms with E-state index < -0.39 is 0 Å². The summed E-state index contributed by atoms with van der Waals surface area (Å²) in [5.41, 5.74) is 0. The minimum absolute atomic E-state index is 0.617. The van der Waals surface area contributed by atoms with Crippen LogP contribution < -0.4 is 10.1 Å². The van der Waals surface area contributed by atoms with Crippen LogP contribution in [-0.4, -0.2) is 45.7 Å². The third-order valence-corrected chi connectivity index (χ3v) is 4.10. The van der Waals surface area contributed by atoms with Crippen LogP contribution in [0.1, 0.15) is 6.92 Å². The van der Waals surface area contributed by atoms with Crippen molar-refractivity contribution in [3.63, 3.8) is 0 Å². The molecule has 114 valence electrons. The smallest absolute Gasteiger partial charge is 0.209 e. The summed E-state index contributed by atoms with van der Waals surface area (Å²) in [6, 6.07) is 7.80. The molecule has 0 amide bonds. The SMILES string of the molecule is CCNCCn1nnnc1SCCOc1ccc(Br)cc1. The molecule has 0 aliphatic heterocycles. The maximum atomic E-state index is 5.67. The quantitative estimate of drug-likeness (QED) is 0.538. The number of hydrogen-bond donors (Lipinski definition) is 1. The average molecular weight is 372 g/mol. The Hall–Kier alpha value is -1.12. The van der Waals surface area contributed by atoms with Crippen molar-refractivity contribution in [2.45, 2.75) is 18.6 Å². The van der Waals surface area contributed by atoms with E-state index in [9.17, 15) is 0 Å². The van der Waals surface area contributed by atoms with Crippen LogP contribution >= 0.6 is 27.7 Å². The van der Waals surface area contributed by atoms with Gasteiger partial charge < -0.3 is 10.1 Å². The highest BCUT2D eigenvalue weighted by atomic mass is 79.9. The molecule has 1 aromatic carbocycles. The highest BCUT2D eigenvalue weighted by Crippen LogP contribution is 2.17. The summed E-state index contributed by atoms with van der Waals surface area (Å²) in [4.78, 5) is 0. The van der Waals surface area contributed by atoms with Crippen LogP contribution in [0.15, 0.2) is 33.9 Å². The summed E-state index contributed by atoms with van der Waals surface area (Å²) < 4.78 is 8.52. The van der Waals surface area contributed by atoms with Gasteiger partial charge in [0.05, 0.1) is 13.2 Å². The van der Waals surface area contributed by atoms with E-state index in [0.29, 0.717) is 6.61 Å². The van der Waals surface area contributed by atoms with Gasteiger partial charge in [0.15, 0.2) is 0 Å². The Balaban J connectivity index is 1.71. The normalized spacial score (nSPS) is 10.8. The van der Waals surface area contributed by atoms with Gasteiger partial charge in [0.25, 0.3) is 0 Å². The number of nitrogens with zero attached hydrogens (tertiary/aromatic N) is 4. The number of benzene rings is 1. The fourth-order valence-corrected chi connectivity index (χ4v) is 2.61. The number of thioether (sulfide) groups is 1. The van der Waals surface area contributed by atoms with E-state index in [0.717, 1.165) is 40.8 Å². The van der Waals surface area contributed by atoms with Crippen molar-refractivity contribution in [3.8, 4) is 5.75 Å². The molecule has 0 fully saturated rings. The second kappa shape index (κ2) is 9.01. The van der Waals surface area contributed by atoms with Crippen molar-refractivity contribution >= 4 is 27.7 Å². The van der Waals surface area contributed by atoms with Gasteiger partial charge in [-0.05, 0) is 41.2 Å². The number of ether oxygens (including phenoxy) is 1. The molecule has 1 heterocycles. The van der Waals surface area contributed by atoms with E-state index >= 15 is 0 Å². The first kappa shape index (κ1) is 16.3. The Bertz CT molecular complexity index is 534. The monoisotopic (exact) mass is 371 g/mol. The minimum atomic E-state index is 0.617. The van der Waals surface area contributed by atoms with Crippen LogP contribution in [0.2, 0.25) is 0 Å². The number of nitrogens with one attached hydrogen (secondary N) is 1. The van der Waals surface area contributed by atoms with Gasteiger partial charge in [-0.3, -0.25) is 0 Å². The van der Waals surface area contributed by atoms with E-state index in [-0.39, 0.29) is 0 Å². The van der Waals surface area contributed by atoms with Crippen molar-refractivity contribution in [3.05, 3.63) is 28.7 Å². The van der Waals surface area contributed by atoms with Crippen molar-refractivity contribution in [2.24, 2.45) is 0 Å². The molecule has 0 spiro atoms. The number of rotatable bonds is 9. The van der Waals surface area contributed by atoms with E-state index in [1.807, 2.05) is 28.9 Å². The molecule has 0 unspecified atom stereocenters. The first-order valence-corrected chi connectivity index (χ1v) is 8.55. The Morgan fingerprint density at radius 2 is 2.14 bits per heavy atom. The van der Waals surface area contributed by atoms with E-state index in [1.165, 1.54) is 0 Å². The molecule has 1 aromatic heterocycles. The molecule has 0 radical (unpaired) electrons. The van der Waals surface area contributed by atoms with Gasteiger partial charge in [-0.25, -0.2) is 4.68 Å². The Labute approximate surface area is 136 Å². The zero-order chi connectivity index (χ0) is 14.9. The van der Waals surface area contributed by atoms with Crippen LogP contribution in [0.3, 0.4) is 0 Å². The molecule has 0 aliphatic carbocycles. The van der Waals surface area contributed by atoms with Crippen LogP contribution in [0.5, 0.6) is 5.75 Å². The van der Waals surface area contributed by atoms with Gasteiger partial charge in [0.2, 0.25) is 5.16 Å². The lowest BCUT2D eigenvalue weighted by Gasteiger charge is -2.06. The number of likely N-dealkylation sites (N-methyl/N-ethyl adjacent to an activating group) is 1. The molecule has 2 rings (SSSR count). The van der Waals surface area contributed by atoms with Gasteiger partial charge in [-0.1, -0.05) is 34.6 Å². The zero-order valence-corrected chi connectivity index (χ0v) is 14.2. The summed E-state index contributed by atoms with van der Waals surface area (Å²) in [6.07, 6.45) is 0. The van der Waals surface area contributed by atoms with Crippen molar-refractivity contribution in [2.75, 3.05) is 25.4 Å². The number of aromatic nitrogens is 4. The summed E-state index contributed by atoms with van der Waals surface area (Å²) in [5.74, 6) is 1.67. The minimum Gasteiger partial charge on any atom is -0.493 e. The molecule has 8 heteroatoms. The topological polar surface area (TPSA) is 64.9 Å². The van der Waals surface area contributed by atoms with Gasteiger partial charge >= 0.3 is 0 Å². The second-order valence-electron chi connectivity index (χ2n) is 4.19. The van der Waals surface area contributed by atoms with Gasteiger partial charge in [0, 0.05) is 16.8 Å². The Kier molecular flexibility index (Phi) is 6.98. The van der Waals surface area contributed by atoms with Crippen LogP contribution in [0, 0.1) is 0 Å². The lowest BCUT2D eigenvalue weighted by atomic mass is 10.3. The summed E-state index contributed by atoms with van der Waals surface area (Å²) in [7, 11) is 0. The molecule has 0 aliphatic rings. The standard InChI is InChI=1S/C13H18BrN5OS/c1-2-15-7-8-19-13(16-17-18-19)21-10-9-20-12-5-3-11(14)4-6-12/h3-6,15H,2,7-10H2,1H3. The van der Waals surface area contributed by atoms with Crippen molar-refractivity contribution < 1.29 is 4.74 Å². The Morgan fingerprint density at radius 3 is 2.90 bits per heavy atom. The second-order valence-corrected chi connectivity index (χ2v) is 6.17. The summed E-state index contributed by atoms with van der Waals surface area (Å²) in [5, 5.41) is 15.8. The molecule has 0 atom stereocenters. The first-order chi connectivity index (χ1) is 10.3. The van der Waals surface area contributed by atoms with Gasteiger partial charge in [-0.2, -0.15) is 0 Å². The molecule has 2 aromatic rings. The van der Waals surface area contributed by atoms with E-state index in [2.05, 4.69) is 43.7 Å². The van der Waals surface area contributed by atoms with Gasteiger partial charge in [0.1, 0.15) is 5.75 Å². The highest BCUT2D eigenvalue weighted by Gasteiger charge is 2.06. The zero-order valence-electron chi connectivity index (χ0n) is 11.8. The maximum Gasteiger partial charge on any atom is 0.209 e. The molecule has 0 bridgehead atoms. The van der Waals surface area contributed by atoms with E-state index in [4.69, 9.17) is 4.74 Å². The average Bonchev–Trinajstić information content (AvgIpc) is 2.93. The van der Waals surface area contributed by atoms with Gasteiger partial charge in [-0.15, -0.1) is 5.10 Å². The lowest BCUT2D eigenvalue weighted by Crippen LogP contribution is -2.20. The fourth-order valence-electron chi connectivity index (χ4n) is 1.63. The maximum absolute atomic E-state index is 5.67. The predicted molar refractivity (Wildman–Crippen MR) is 86.7 cm³/mol. The summed E-state index contributed by atoms with van der Waals surface area (Å²) in [6.45, 7) is 5.29. The van der Waals surface area contributed by atoms with Crippen LogP contribution in [-0.2, 0) is 6.54 Å². The van der Waals surface area contributed by atoms with Crippen molar-refractivity contribution in [1.82, 2.24) is 25.5 Å². The molecule has 6 nitrogen and oxygen atoms in total. The molecule has 1 N–H and O–H groups in total. The third kappa shape index (κ3) is 5.64. The first-order valence-electron chi connectivity index (χ1n) is 6.77. The van der Waals surface area contributed by atoms with Crippen LogP contribution in [0.4, 0.5) is 0 Å². The molecule has 0 saturated heterocycles. The molecule has 0 saturated carbocycles. The third-order valence-electron chi connectivity index (χ3n) is 2.65. The lowest BCUT2D eigenvalue weighted by molar-refractivity contribution is 0.343. The summed E-state index contributed by atoms with van der Waals surface area (Å²) >= 11 is 5.00. The fraction of sp³-hybridized carbons (Fsp3) is 0.462. The predicted octanol–water partition coefficient (Wildman–Crippen LogP) is 2.22. The molecular weight excluding hydrogens is 354 g/mol. The highest BCUT2D eigenvalue weighted by molar-refractivity contribution is 9.10. The largest absolute Gasteiger partial charge is 0.493 e. The number of tetrazole rings is 1. The molecular formula is C13H18BrN5OS. The number of halogens is 1. The Morgan fingerprint density at radius 1 is 1.33 bits per heavy atom. The van der Waals surface area contributed by atoms with Crippen LogP contribution in [0.25, 0.3) is 0 Å².